The number of rotatable bonds is 3. The predicted octanol–water partition coefficient (Wildman–Crippen LogP) is 2.71. The number of hydrogen-bond acceptors (Lipinski definition) is 4. The number of nitrogens with zero attached hydrogens (tertiary/aromatic N) is 2. The molecule has 6 nitrogen and oxygen atoms in total. The van der Waals surface area contributed by atoms with Crippen LogP contribution < -0.4 is 0 Å². The van der Waals surface area contributed by atoms with E-state index in [1.54, 1.807) is 11.9 Å². The molecule has 0 unspecified atom stereocenters. The minimum absolute atomic E-state index is 0.00715. The van der Waals surface area contributed by atoms with Crippen molar-refractivity contribution in [2.75, 3.05) is 7.05 Å². The van der Waals surface area contributed by atoms with Crippen LogP contribution in [-0.4, -0.2) is 33.9 Å². The molecule has 6 heteroatoms. The Kier molecular flexibility index (Phi) is 4.22. The van der Waals surface area contributed by atoms with Gasteiger partial charge in [-0.05, 0) is 18.9 Å². The first-order valence-electron chi connectivity index (χ1n) is 6.76. The lowest BCUT2D eigenvalue weighted by Gasteiger charge is -2.31. The Morgan fingerprint density at radius 2 is 2.00 bits per heavy atom. The Balaban J connectivity index is 2.24. The van der Waals surface area contributed by atoms with Crippen molar-refractivity contribution in [1.82, 2.24) is 4.90 Å². The number of benzene rings is 1. The number of carbonyl (C=O) groups is 1. The molecule has 0 heterocycles. The zero-order valence-electron chi connectivity index (χ0n) is 11.4. The molecule has 2 rings (SSSR count). The molecule has 0 saturated heterocycles. The van der Waals surface area contributed by atoms with Crippen LogP contribution in [0.1, 0.15) is 42.5 Å². The lowest BCUT2D eigenvalue weighted by atomic mass is 9.94. The Labute approximate surface area is 117 Å². The molecule has 1 aromatic carbocycles. The minimum Gasteiger partial charge on any atom is -0.502 e. The van der Waals surface area contributed by atoms with Crippen LogP contribution >= 0.6 is 0 Å². The van der Waals surface area contributed by atoms with Gasteiger partial charge in [0, 0.05) is 19.2 Å². The van der Waals surface area contributed by atoms with Crippen LogP contribution in [0.25, 0.3) is 0 Å². The van der Waals surface area contributed by atoms with Crippen molar-refractivity contribution in [3.63, 3.8) is 0 Å². The molecule has 1 amide bonds. The minimum atomic E-state index is -0.688. The van der Waals surface area contributed by atoms with E-state index in [0.29, 0.717) is 0 Å². The van der Waals surface area contributed by atoms with Crippen molar-refractivity contribution < 1.29 is 14.8 Å². The van der Waals surface area contributed by atoms with E-state index >= 15 is 0 Å². The van der Waals surface area contributed by atoms with Crippen LogP contribution in [0.4, 0.5) is 5.69 Å². The number of phenolic OH excluding ortho intramolecular Hbond substituents is 1. The highest BCUT2D eigenvalue weighted by molar-refractivity contribution is 5.98. The van der Waals surface area contributed by atoms with Crippen molar-refractivity contribution in [3.05, 3.63) is 33.9 Å². The second kappa shape index (κ2) is 5.90. The molecule has 1 fully saturated rings. The van der Waals surface area contributed by atoms with E-state index in [1.807, 2.05) is 0 Å². The molecule has 0 spiro atoms. The lowest BCUT2D eigenvalue weighted by Crippen LogP contribution is -2.38. The molecule has 1 aliphatic rings. The average molecular weight is 278 g/mol. The predicted molar refractivity (Wildman–Crippen MR) is 73.7 cm³/mol. The van der Waals surface area contributed by atoms with Crippen LogP contribution in [-0.2, 0) is 0 Å². The number of phenols is 1. The van der Waals surface area contributed by atoms with Gasteiger partial charge >= 0.3 is 5.69 Å². The maximum Gasteiger partial charge on any atom is 0.311 e. The largest absolute Gasteiger partial charge is 0.502 e. The monoisotopic (exact) mass is 278 g/mol. The number of amides is 1. The molecule has 0 radical (unpaired) electrons. The SMILES string of the molecule is CN(C(=O)c1cccc([N+](=O)[O-])c1O)C1CCCCC1. The Morgan fingerprint density at radius 3 is 2.60 bits per heavy atom. The molecule has 108 valence electrons. The quantitative estimate of drug-likeness (QED) is 0.680. The normalized spacial score (nSPS) is 15.8. The van der Waals surface area contributed by atoms with Crippen LogP contribution in [0, 0.1) is 10.1 Å². The standard InChI is InChI=1S/C14H18N2O4/c1-15(10-6-3-2-4-7-10)14(18)11-8-5-9-12(13(11)17)16(19)20/h5,8-10,17H,2-4,6-7H2,1H3. The summed E-state index contributed by atoms with van der Waals surface area (Å²) >= 11 is 0. The van der Waals surface area contributed by atoms with Gasteiger partial charge in [-0.25, -0.2) is 0 Å². The van der Waals surface area contributed by atoms with Gasteiger partial charge in [0.2, 0.25) is 5.75 Å². The maximum absolute atomic E-state index is 12.4. The van der Waals surface area contributed by atoms with Gasteiger partial charge in [-0.15, -0.1) is 0 Å². The van der Waals surface area contributed by atoms with Crippen molar-refractivity contribution in [3.8, 4) is 5.75 Å². The molecular weight excluding hydrogens is 260 g/mol. The van der Waals surface area contributed by atoms with Crippen molar-refractivity contribution >= 4 is 11.6 Å². The van der Waals surface area contributed by atoms with Crippen LogP contribution in [0.3, 0.4) is 0 Å². The van der Waals surface area contributed by atoms with Gasteiger partial charge in [0.05, 0.1) is 10.5 Å². The summed E-state index contributed by atoms with van der Waals surface area (Å²) in [5, 5.41) is 20.7. The highest BCUT2D eigenvalue weighted by Gasteiger charge is 2.27. The second-order valence-corrected chi connectivity index (χ2v) is 5.14. The molecule has 1 saturated carbocycles. The summed E-state index contributed by atoms with van der Waals surface area (Å²) < 4.78 is 0. The molecule has 0 aromatic heterocycles. The van der Waals surface area contributed by atoms with E-state index in [0.717, 1.165) is 25.7 Å². The summed E-state index contributed by atoms with van der Waals surface area (Å²) in [4.78, 5) is 24.1. The van der Waals surface area contributed by atoms with Crippen molar-refractivity contribution in [2.24, 2.45) is 0 Å². The summed E-state index contributed by atoms with van der Waals surface area (Å²) in [5.41, 5.74) is -0.444. The van der Waals surface area contributed by atoms with E-state index < -0.39 is 16.4 Å². The molecule has 1 N–H and O–H groups in total. The number of hydrogen-bond donors (Lipinski definition) is 1. The van der Waals surface area contributed by atoms with Crippen LogP contribution in [0.15, 0.2) is 18.2 Å². The Bertz CT molecular complexity index is 524. The Morgan fingerprint density at radius 1 is 1.35 bits per heavy atom. The zero-order chi connectivity index (χ0) is 14.7. The third-order valence-corrected chi connectivity index (χ3v) is 3.88. The number of aromatic hydroxyl groups is 1. The number of nitro groups is 1. The molecule has 0 aliphatic heterocycles. The first-order valence-corrected chi connectivity index (χ1v) is 6.76. The fourth-order valence-electron chi connectivity index (χ4n) is 2.68. The average Bonchev–Trinajstić information content (AvgIpc) is 2.46. The van der Waals surface area contributed by atoms with E-state index in [1.165, 1.54) is 24.6 Å². The third-order valence-electron chi connectivity index (χ3n) is 3.88. The van der Waals surface area contributed by atoms with Crippen molar-refractivity contribution in [1.29, 1.82) is 0 Å². The first-order chi connectivity index (χ1) is 9.52. The molecule has 1 aromatic rings. The first kappa shape index (κ1) is 14.3. The van der Waals surface area contributed by atoms with Gasteiger partial charge in [-0.3, -0.25) is 14.9 Å². The van der Waals surface area contributed by atoms with Crippen LogP contribution in [0.2, 0.25) is 0 Å². The Hall–Kier alpha value is -2.11. The number of para-hydroxylation sites is 1. The lowest BCUT2D eigenvalue weighted by molar-refractivity contribution is -0.385. The topological polar surface area (TPSA) is 83.7 Å². The van der Waals surface area contributed by atoms with Gasteiger partial charge in [0.1, 0.15) is 0 Å². The third kappa shape index (κ3) is 2.74. The fourth-order valence-corrected chi connectivity index (χ4v) is 2.68. The summed E-state index contributed by atoms with van der Waals surface area (Å²) in [6, 6.07) is 4.17. The van der Waals surface area contributed by atoms with E-state index in [-0.39, 0.29) is 17.5 Å². The summed E-state index contributed by atoms with van der Waals surface area (Å²) in [7, 11) is 1.69. The zero-order valence-corrected chi connectivity index (χ0v) is 11.4. The molecule has 1 aliphatic carbocycles. The number of nitro benzene ring substituents is 1. The second-order valence-electron chi connectivity index (χ2n) is 5.14. The fraction of sp³-hybridized carbons (Fsp3) is 0.500. The molecular formula is C14H18N2O4. The highest BCUT2D eigenvalue weighted by atomic mass is 16.6. The summed E-state index contributed by atoms with van der Waals surface area (Å²) in [6.45, 7) is 0. The molecule has 20 heavy (non-hydrogen) atoms. The van der Waals surface area contributed by atoms with E-state index in [2.05, 4.69) is 0 Å². The number of carbonyl (C=O) groups excluding carboxylic acids is 1. The van der Waals surface area contributed by atoms with E-state index in [9.17, 15) is 20.0 Å². The van der Waals surface area contributed by atoms with Gasteiger partial charge in [-0.1, -0.05) is 25.3 Å². The van der Waals surface area contributed by atoms with E-state index in [4.69, 9.17) is 0 Å². The molecule has 0 bridgehead atoms. The maximum atomic E-state index is 12.4. The molecule has 0 atom stereocenters. The summed E-state index contributed by atoms with van der Waals surface area (Å²) in [5.74, 6) is -0.914. The van der Waals surface area contributed by atoms with Crippen LogP contribution in [0.5, 0.6) is 5.75 Å². The highest BCUT2D eigenvalue weighted by Crippen LogP contribution is 2.31. The smallest absolute Gasteiger partial charge is 0.311 e. The van der Waals surface area contributed by atoms with Crippen molar-refractivity contribution in [2.45, 2.75) is 38.1 Å². The van der Waals surface area contributed by atoms with Gasteiger partial charge < -0.3 is 10.0 Å². The van der Waals surface area contributed by atoms with Gasteiger partial charge in [0.15, 0.2) is 0 Å². The van der Waals surface area contributed by atoms with Gasteiger partial charge in [0.25, 0.3) is 5.91 Å². The van der Waals surface area contributed by atoms with Gasteiger partial charge in [-0.2, -0.15) is 0 Å². The summed E-state index contributed by atoms with van der Waals surface area (Å²) in [6.07, 6.45) is 5.24.